The van der Waals surface area contributed by atoms with E-state index in [4.69, 9.17) is 10.8 Å². The van der Waals surface area contributed by atoms with Gasteiger partial charge in [0.25, 0.3) is 0 Å². The highest BCUT2D eigenvalue weighted by Gasteiger charge is 2.31. The second-order valence-corrected chi connectivity index (χ2v) is 5.84. The largest absolute Gasteiger partial charge is 0.477 e. The lowest BCUT2D eigenvalue weighted by Crippen LogP contribution is -2.38. The van der Waals surface area contributed by atoms with Crippen LogP contribution in [-0.2, 0) is 14.8 Å². The lowest BCUT2D eigenvalue weighted by atomic mass is 10.2. The Morgan fingerprint density at radius 1 is 1.33 bits per heavy atom. The van der Waals surface area contributed by atoms with Crippen LogP contribution in [0.1, 0.15) is 17.3 Å². The fourth-order valence-electron chi connectivity index (χ4n) is 1.61. The maximum absolute atomic E-state index is 14.0. The number of carboxylic acids is 1. The summed E-state index contributed by atoms with van der Waals surface area (Å²) in [6.07, 6.45) is 0. The SMILES string of the molecule is CCN(CC(N)=O)S(=O)(=O)c1ccc(F)c(C(=O)O)c1F. The molecule has 0 saturated carbocycles. The second kappa shape index (κ2) is 6.14. The molecule has 3 N–H and O–H groups in total. The molecule has 1 aromatic carbocycles. The normalized spacial score (nSPS) is 11.6. The van der Waals surface area contributed by atoms with Gasteiger partial charge in [0.1, 0.15) is 16.3 Å². The Morgan fingerprint density at radius 3 is 2.33 bits per heavy atom. The number of likely N-dealkylation sites (N-methyl/N-ethyl adjacent to an activating group) is 1. The van der Waals surface area contributed by atoms with Gasteiger partial charge >= 0.3 is 5.97 Å². The summed E-state index contributed by atoms with van der Waals surface area (Å²) in [4.78, 5) is 20.6. The van der Waals surface area contributed by atoms with E-state index in [-0.39, 0.29) is 6.54 Å². The van der Waals surface area contributed by atoms with Crippen LogP contribution in [-0.4, -0.2) is 42.8 Å². The van der Waals surface area contributed by atoms with E-state index in [1.54, 1.807) is 0 Å². The maximum Gasteiger partial charge on any atom is 0.341 e. The molecule has 0 unspecified atom stereocenters. The molecule has 1 aromatic rings. The van der Waals surface area contributed by atoms with Crippen molar-refractivity contribution in [1.29, 1.82) is 0 Å². The average Bonchev–Trinajstić information content (AvgIpc) is 2.34. The van der Waals surface area contributed by atoms with Gasteiger partial charge < -0.3 is 10.8 Å². The molecule has 0 bridgehead atoms. The molecule has 0 heterocycles. The summed E-state index contributed by atoms with van der Waals surface area (Å²) in [6.45, 7) is 0.461. The van der Waals surface area contributed by atoms with E-state index in [1.165, 1.54) is 6.92 Å². The third kappa shape index (κ3) is 3.34. The number of carbonyl (C=O) groups is 2. The van der Waals surface area contributed by atoms with Gasteiger partial charge in [-0.1, -0.05) is 6.92 Å². The standard InChI is InChI=1S/C11H12F2N2O5S/c1-2-15(5-8(14)16)21(19,20)7-4-3-6(12)9(10(7)13)11(17)18/h3-4H,2,5H2,1H3,(H2,14,16)(H,17,18). The summed E-state index contributed by atoms with van der Waals surface area (Å²) in [6, 6.07) is 1.12. The fraction of sp³-hybridized carbons (Fsp3) is 0.273. The van der Waals surface area contributed by atoms with Gasteiger partial charge in [-0.2, -0.15) is 4.31 Å². The topological polar surface area (TPSA) is 118 Å². The Morgan fingerprint density at radius 2 is 1.90 bits per heavy atom. The van der Waals surface area contributed by atoms with E-state index in [2.05, 4.69) is 0 Å². The highest BCUT2D eigenvalue weighted by Crippen LogP contribution is 2.24. The predicted molar refractivity (Wildman–Crippen MR) is 66.9 cm³/mol. The Hall–Kier alpha value is -2.07. The molecule has 1 rings (SSSR count). The molecule has 0 aliphatic carbocycles. The molecule has 0 fully saturated rings. The molecule has 0 aliphatic rings. The monoisotopic (exact) mass is 322 g/mol. The van der Waals surface area contributed by atoms with E-state index in [0.717, 1.165) is 0 Å². The Kier molecular flexibility index (Phi) is 4.97. The first-order valence-corrected chi connectivity index (χ1v) is 7.06. The molecular weight excluding hydrogens is 310 g/mol. The van der Waals surface area contributed by atoms with Gasteiger partial charge in [0, 0.05) is 6.54 Å². The minimum Gasteiger partial charge on any atom is -0.477 e. The Labute approximate surface area is 119 Å². The lowest BCUT2D eigenvalue weighted by Gasteiger charge is -2.19. The number of halogens is 2. The number of rotatable bonds is 6. The van der Waals surface area contributed by atoms with Crippen molar-refractivity contribution in [3.05, 3.63) is 29.3 Å². The number of amides is 1. The molecule has 0 spiro atoms. The Balaban J connectivity index is 3.48. The molecule has 0 aromatic heterocycles. The Bertz CT molecular complexity index is 690. The van der Waals surface area contributed by atoms with Gasteiger partial charge in [-0.15, -0.1) is 0 Å². The van der Waals surface area contributed by atoms with Crippen LogP contribution in [0.5, 0.6) is 0 Å². The number of nitrogens with zero attached hydrogens (tertiary/aromatic N) is 1. The zero-order chi connectivity index (χ0) is 16.4. The zero-order valence-corrected chi connectivity index (χ0v) is 11.7. The van der Waals surface area contributed by atoms with E-state index in [0.29, 0.717) is 16.4 Å². The number of benzene rings is 1. The van der Waals surface area contributed by atoms with Gasteiger partial charge in [0.2, 0.25) is 15.9 Å². The lowest BCUT2D eigenvalue weighted by molar-refractivity contribution is -0.118. The molecule has 0 radical (unpaired) electrons. The van der Waals surface area contributed by atoms with Crippen molar-refractivity contribution < 1.29 is 31.9 Å². The molecule has 21 heavy (non-hydrogen) atoms. The number of sulfonamides is 1. The van der Waals surface area contributed by atoms with Crippen molar-refractivity contribution in [2.45, 2.75) is 11.8 Å². The number of primary amides is 1. The number of hydrogen-bond acceptors (Lipinski definition) is 4. The van der Waals surface area contributed by atoms with Crippen LogP contribution in [0.15, 0.2) is 17.0 Å². The van der Waals surface area contributed by atoms with Gasteiger partial charge in [-0.05, 0) is 12.1 Å². The number of carboxylic acid groups (broad SMARTS) is 1. The molecule has 7 nitrogen and oxygen atoms in total. The number of nitrogens with two attached hydrogens (primary N) is 1. The minimum atomic E-state index is -4.52. The maximum atomic E-state index is 14.0. The highest BCUT2D eigenvalue weighted by atomic mass is 32.2. The van der Waals surface area contributed by atoms with Crippen LogP contribution in [0, 0.1) is 11.6 Å². The molecule has 1 amide bonds. The summed E-state index contributed by atoms with van der Waals surface area (Å²) < 4.78 is 52.1. The number of carbonyl (C=O) groups excluding carboxylic acids is 1. The van der Waals surface area contributed by atoms with E-state index < -0.39 is 50.5 Å². The van der Waals surface area contributed by atoms with Crippen molar-refractivity contribution in [1.82, 2.24) is 4.31 Å². The van der Waals surface area contributed by atoms with Crippen molar-refractivity contribution >= 4 is 21.9 Å². The molecule has 0 atom stereocenters. The fourth-order valence-corrected chi connectivity index (χ4v) is 3.09. The first-order valence-electron chi connectivity index (χ1n) is 5.62. The summed E-state index contributed by atoms with van der Waals surface area (Å²) in [5.41, 5.74) is 3.51. The third-order valence-electron chi connectivity index (χ3n) is 2.57. The smallest absolute Gasteiger partial charge is 0.341 e. The second-order valence-electron chi connectivity index (χ2n) is 3.94. The van der Waals surface area contributed by atoms with Gasteiger partial charge in [0.05, 0.1) is 6.54 Å². The third-order valence-corrected chi connectivity index (χ3v) is 4.51. The summed E-state index contributed by atoms with van der Waals surface area (Å²) in [5, 5.41) is 8.72. The van der Waals surface area contributed by atoms with Crippen LogP contribution >= 0.6 is 0 Å². The van der Waals surface area contributed by atoms with Gasteiger partial charge in [-0.3, -0.25) is 4.79 Å². The van der Waals surface area contributed by atoms with Crippen LogP contribution in [0.3, 0.4) is 0 Å². The van der Waals surface area contributed by atoms with E-state index in [9.17, 15) is 26.8 Å². The van der Waals surface area contributed by atoms with Crippen LogP contribution in [0.4, 0.5) is 8.78 Å². The predicted octanol–water partition coefficient (Wildman–Crippen LogP) is 0.159. The van der Waals surface area contributed by atoms with E-state index >= 15 is 0 Å². The van der Waals surface area contributed by atoms with Crippen LogP contribution < -0.4 is 5.73 Å². The first kappa shape index (κ1) is 17.0. The van der Waals surface area contributed by atoms with Crippen molar-refractivity contribution in [3.63, 3.8) is 0 Å². The van der Waals surface area contributed by atoms with Crippen molar-refractivity contribution in [2.24, 2.45) is 5.73 Å². The summed E-state index contributed by atoms with van der Waals surface area (Å²) >= 11 is 0. The molecule has 10 heteroatoms. The summed E-state index contributed by atoms with van der Waals surface area (Å²) in [7, 11) is -4.52. The first-order chi connectivity index (χ1) is 9.62. The van der Waals surface area contributed by atoms with E-state index in [1.807, 2.05) is 0 Å². The van der Waals surface area contributed by atoms with Crippen LogP contribution in [0.25, 0.3) is 0 Å². The molecule has 116 valence electrons. The van der Waals surface area contributed by atoms with Gasteiger partial charge in [-0.25, -0.2) is 22.0 Å². The zero-order valence-electron chi connectivity index (χ0n) is 10.8. The summed E-state index contributed by atoms with van der Waals surface area (Å²) in [5.74, 6) is -6.05. The average molecular weight is 322 g/mol. The molecular formula is C11H12F2N2O5S. The quantitative estimate of drug-likeness (QED) is 0.773. The molecule has 0 aliphatic heterocycles. The molecule has 0 saturated heterocycles. The number of aromatic carboxylic acids is 1. The van der Waals surface area contributed by atoms with Gasteiger partial charge in [0.15, 0.2) is 5.82 Å². The minimum absolute atomic E-state index is 0.204. The highest BCUT2D eigenvalue weighted by molar-refractivity contribution is 7.89. The van der Waals surface area contributed by atoms with Crippen molar-refractivity contribution in [3.8, 4) is 0 Å². The number of hydrogen-bond donors (Lipinski definition) is 2. The van der Waals surface area contributed by atoms with Crippen molar-refractivity contribution in [2.75, 3.05) is 13.1 Å². The van der Waals surface area contributed by atoms with Crippen LogP contribution in [0.2, 0.25) is 0 Å².